The number of hydrogen-bond acceptors (Lipinski definition) is 5. The van der Waals surface area contributed by atoms with Crippen LogP contribution in [0.2, 0.25) is 0 Å². The van der Waals surface area contributed by atoms with Gasteiger partial charge in [-0.3, -0.25) is 4.90 Å². The van der Waals surface area contributed by atoms with Crippen molar-refractivity contribution < 1.29 is 13.5 Å². The van der Waals surface area contributed by atoms with E-state index in [0.717, 1.165) is 17.7 Å². The SMILES string of the molecule is CC(c1nnc(-c2ccccc2)o1)N1CCOC(c2ccc(F)cc2)C1. The number of nitrogens with zero attached hydrogens (tertiary/aromatic N) is 3. The largest absolute Gasteiger partial charge is 0.419 e. The third-order valence-electron chi connectivity index (χ3n) is 4.71. The third kappa shape index (κ3) is 3.52. The van der Waals surface area contributed by atoms with Crippen molar-refractivity contribution in [2.75, 3.05) is 19.7 Å². The van der Waals surface area contributed by atoms with Crippen LogP contribution in [0, 0.1) is 5.82 Å². The molecule has 1 aliphatic rings. The van der Waals surface area contributed by atoms with E-state index in [0.29, 0.717) is 24.9 Å². The molecular weight excluding hydrogens is 333 g/mol. The molecule has 26 heavy (non-hydrogen) atoms. The minimum atomic E-state index is -0.242. The van der Waals surface area contributed by atoms with Gasteiger partial charge in [-0.05, 0) is 36.8 Å². The van der Waals surface area contributed by atoms with Crippen LogP contribution in [0.25, 0.3) is 11.5 Å². The van der Waals surface area contributed by atoms with Gasteiger partial charge in [-0.2, -0.15) is 0 Å². The van der Waals surface area contributed by atoms with Gasteiger partial charge in [0.2, 0.25) is 11.8 Å². The van der Waals surface area contributed by atoms with E-state index in [1.165, 1.54) is 12.1 Å². The average Bonchev–Trinajstić information content (AvgIpc) is 3.19. The van der Waals surface area contributed by atoms with E-state index >= 15 is 0 Å². The monoisotopic (exact) mass is 353 g/mol. The quantitative estimate of drug-likeness (QED) is 0.709. The summed E-state index contributed by atoms with van der Waals surface area (Å²) in [4.78, 5) is 2.25. The molecule has 1 aromatic heterocycles. The summed E-state index contributed by atoms with van der Waals surface area (Å²) >= 11 is 0. The summed E-state index contributed by atoms with van der Waals surface area (Å²) in [5.41, 5.74) is 1.88. The zero-order chi connectivity index (χ0) is 17.9. The number of ether oxygens (including phenoxy) is 1. The van der Waals surface area contributed by atoms with Gasteiger partial charge in [-0.25, -0.2) is 4.39 Å². The van der Waals surface area contributed by atoms with Crippen molar-refractivity contribution in [3.8, 4) is 11.5 Å². The third-order valence-corrected chi connectivity index (χ3v) is 4.71. The zero-order valence-electron chi connectivity index (χ0n) is 14.5. The fourth-order valence-electron chi connectivity index (χ4n) is 3.16. The van der Waals surface area contributed by atoms with Crippen molar-refractivity contribution in [2.45, 2.75) is 19.1 Å². The number of halogens is 1. The van der Waals surface area contributed by atoms with Crippen molar-refractivity contribution >= 4 is 0 Å². The van der Waals surface area contributed by atoms with Gasteiger partial charge >= 0.3 is 0 Å². The first-order valence-corrected chi connectivity index (χ1v) is 8.70. The Morgan fingerprint density at radius 2 is 1.85 bits per heavy atom. The van der Waals surface area contributed by atoms with Crippen LogP contribution in [0.3, 0.4) is 0 Å². The summed E-state index contributed by atoms with van der Waals surface area (Å²) in [5.74, 6) is 0.869. The molecule has 134 valence electrons. The predicted molar refractivity (Wildman–Crippen MR) is 94.8 cm³/mol. The maximum atomic E-state index is 13.1. The van der Waals surface area contributed by atoms with E-state index in [2.05, 4.69) is 22.0 Å². The first-order chi connectivity index (χ1) is 12.7. The van der Waals surface area contributed by atoms with E-state index in [1.807, 2.05) is 30.3 Å². The second-order valence-electron chi connectivity index (χ2n) is 6.39. The fourth-order valence-corrected chi connectivity index (χ4v) is 3.16. The Labute approximate surface area is 151 Å². The lowest BCUT2D eigenvalue weighted by Crippen LogP contribution is -2.40. The molecule has 0 spiro atoms. The van der Waals surface area contributed by atoms with E-state index in [9.17, 15) is 4.39 Å². The van der Waals surface area contributed by atoms with Gasteiger partial charge in [0.15, 0.2) is 0 Å². The van der Waals surface area contributed by atoms with Gasteiger partial charge in [0, 0.05) is 18.7 Å². The van der Waals surface area contributed by atoms with Gasteiger partial charge < -0.3 is 9.15 Å². The van der Waals surface area contributed by atoms with Gasteiger partial charge in [-0.1, -0.05) is 30.3 Å². The molecule has 1 fully saturated rings. The van der Waals surface area contributed by atoms with Crippen molar-refractivity contribution in [2.24, 2.45) is 0 Å². The summed E-state index contributed by atoms with van der Waals surface area (Å²) < 4.78 is 24.9. The maximum Gasteiger partial charge on any atom is 0.247 e. The van der Waals surface area contributed by atoms with Crippen LogP contribution >= 0.6 is 0 Å². The van der Waals surface area contributed by atoms with Crippen molar-refractivity contribution in [3.63, 3.8) is 0 Å². The molecule has 2 aromatic carbocycles. The fraction of sp³-hybridized carbons (Fsp3) is 0.300. The average molecular weight is 353 g/mol. The standard InChI is InChI=1S/C20H20FN3O2/c1-14(19-22-23-20(26-19)16-5-3-2-4-6-16)24-11-12-25-18(13-24)15-7-9-17(21)10-8-15/h2-10,14,18H,11-13H2,1H3. The van der Waals surface area contributed by atoms with E-state index < -0.39 is 0 Å². The van der Waals surface area contributed by atoms with Crippen LogP contribution in [0.5, 0.6) is 0 Å². The topological polar surface area (TPSA) is 51.4 Å². The lowest BCUT2D eigenvalue weighted by Gasteiger charge is -2.35. The van der Waals surface area contributed by atoms with Crippen LogP contribution in [-0.4, -0.2) is 34.8 Å². The highest BCUT2D eigenvalue weighted by molar-refractivity contribution is 5.51. The summed E-state index contributed by atoms with van der Waals surface area (Å²) in [6.07, 6.45) is -0.0942. The van der Waals surface area contributed by atoms with Crippen molar-refractivity contribution in [1.29, 1.82) is 0 Å². The molecule has 3 aromatic rings. The van der Waals surface area contributed by atoms with Gasteiger partial charge in [0.1, 0.15) is 5.82 Å². The molecule has 0 radical (unpaired) electrons. The Kier molecular flexibility index (Phi) is 4.77. The van der Waals surface area contributed by atoms with E-state index in [-0.39, 0.29) is 18.0 Å². The van der Waals surface area contributed by atoms with Crippen LogP contribution in [0.4, 0.5) is 4.39 Å². The molecule has 2 atom stereocenters. The Balaban J connectivity index is 1.48. The molecule has 0 amide bonds. The molecule has 0 aliphatic carbocycles. The molecule has 6 heteroatoms. The number of aromatic nitrogens is 2. The summed E-state index contributed by atoms with van der Waals surface area (Å²) in [7, 11) is 0. The highest BCUT2D eigenvalue weighted by atomic mass is 19.1. The minimum absolute atomic E-state index is 0.0215. The molecule has 2 heterocycles. The summed E-state index contributed by atoms with van der Waals surface area (Å²) in [6.45, 7) is 4.12. The second kappa shape index (κ2) is 7.35. The smallest absolute Gasteiger partial charge is 0.247 e. The Morgan fingerprint density at radius 1 is 1.08 bits per heavy atom. The molecule has 4 rings (SSSR count). The highest BCUT2D eigenvalue weighted by Crippen LogP contribution is 2.29. The molecule has 0 saturated carbocycles. The predicted octanol–water partition coefficient (Wildman–Crippen LogP) is 4.01. The summed E-state index contributed by atoms with van der Waals surface area (Å²) in [5, 5.41) is 8.40. The first-order valence-electron chi connectivity index (χ1n) is 8.70. The highest BCUT2D eigenvalue weighted by Gasteiger charge is 2.28. The van der Waals surface area contributed by atoms with Crippen LogP contribution in [0.1, 0.15) is 30.5 Å². The molecule has 1 aliphatic heterocycles. The first kappa shape index (κ1) is 16.9. The molecular formula is C20H20FN3O2. The number of rotatable bonds is 4. The normalized spacial score (nSPS) is 19.4. The van der Waals surface area contributed by atoms with Crippen LogP contribution < -0.4 is 0 Å². The maximum absolute atomic E-state index is 13.1. The van der Waals surface area contributed by atoms with E-state index in [4.69, 9.17) is 9.15 Å². The molecule has 2 unspecified atom stereocenters. The number of morpholine rings is 1. The Morgan fingerprint density at radius 3 is 2.62 bits per heavy atom. The molecule has 0 bridgehead atoms. The molecule has 0 N–H and O–H groups in total. The van der Waals surface area contributed by atoms with Gasteiger partial charge in [0.05, 0.1) is 18.8 Å². The second-order valence-corrected chi connectivity index (χ2v) is 6.39. The van der Waals surface area contributed by atoms with Crippen molar-refractivity contribution in [1.82, 2.24) is 15.1 Å². The van der Waals surface area contributed by atoms with Crippen LogP contribution in [-0.2, 0) is 4.74 Å². The molecule has 1 saturated heterocycles. The Bertz CT molecular complexity index is 851. The number of benzene rings is 2. The Hall–Kier alpha value is -2.57. The van der Waals surface area contributed by atoms with E-state index in [1.54, 1.807) is 12.1 Å². The van der Waals surface area contributed by atoms with Gasteiger partial charge in [-0.15, -0.1) is 10.2 Å². The lowest BCUT2D eigenvalue weighted by atomic mass is 10.1. The zero-order valence-corrected chi connectivity index (χ0v) is 14.5. The number of hydrogen-bond donors (Lipinski definition) is 0. The lowest BCUT2D eigenvalue weighted by molar-refractivity contribution is -0.0463. The van der Waals surface area contributed by atoms with Gasteiger partial charge in [0.25, 0.3) is 0 Å². The minimum Gasteiger partial charge on any atom is -0.419 e. The molecule has 5 nitrogen and oxygen atoms in total. The van der Waals surface area contributed by atoms with Crippen LogP contribution in [0.15, 0.2) is 59.0 Å². The summed E-state index contributed by atoms with van der Waals surface area (Å²) in [6, 6.07) is 16.2. The van der Waals surface area contributed by atoms with Crippen molar-refractivity contribution in [3.05, 3.63) is 71.9 Å².